The van der Waals surface area contributed by atoms with Crippen LogP contribution in [0, 0.1) is 0 Å². The Morgan fingerprint density at radius 3 is 2.79 bits per heavy atom. The summed E-state index contributed by atoms with van der Waals surface area (Å²) in [6.45, 7) is 3.80. The van der Waals surface area contributed by atoms with E-state index < -0.39 is 0 Å². The zero-order chi connectivity index (χ0) is 13.1. The topological polar surface area (TPSA) is 38.1 Å². The Labute approximate surface area is 112 Å². The Balaban J connectivity index is 2.01. The fourth-order valence-corrected chi connectivity index (χ4v) is 2.21. The minimum absolute atomic E-state index is 0.780. The number of hydrogen-bond acceptors (Lipinski definition) is 3. The molecule has 1 N–H and O–H groups in total. The Hall–Kier alpha value is -2.13. The minimum atomic E-state index is 0.780. The molecule has 0 aliphatic carbocycles. The van der Waals surface area contributed by atoms with E-state index in [0.29, 0.717) is 0 Å². The van der Waals surface area contributed by atoms with Gasteiger partial charge in [0.1, 0.15) is 0 Å². The number of fused-ring (bicyclic) bond motifs is 1. The van der Waals surface area contributed by atoms with Gasteiger partial charge in [-0.2, -0.15) is 0 Å². The lowest BCUT2D eigenvalue weighted by Crippen LogP contribution is -2.11. The van der Waals surface area contributed by atoms with Gasteiger partial charge in [-0.05, 0) is 23.4 Å². The van der Waals surface area contributed by atoms with Gasteiger partial charge in [0, 0.05) is 17.7 Å². The van der Waals surface area contributed by atoms with E-state index in [9.17, 15) is 0 Å². The van der Waals surface area contributed by atoms with Gasteiger partial charge in [-0.1, -0.05) is 48.5 Å². The number of rotatable bonds is 4. The lowest BCUT2D eigenvalue weighted by Gasteiger charge is -2.04. The van der Waals surface area contributed by atoms with Crippen LogP contribution in [0.2, 0.25) is 0 Å². The maximum atomic E-state index is 5.41. The standard InChI is InChI=1S/C16H16N2O/c1-2-17-10-15-11-18-19-16(15)14-8-7-12-5-3-4-6-13(12)9-14/h3-9,11,17H,2,10H2,1H3. The number of benzene rings is 2. The molecule has 2 aromatic carbocycles. The zero-order valence-corrected chi connectivity index (χ0v) is 10.9. The molecule has 0 saturated heterocycles. The molecule has 0 radical (unpaired) electrons. The van der Waals surface area contributed by atoms with Gasteiger partial charge in [0.05, 0.1) is 6.20 Å². The number of nitrogens with zero attached hydrogens (tertiary/aromatic N) is 1. The normalized spacial score (nSPS) is 11.0. The molecule has 0 bridgehead atoms. The molecule has 96 valence electrons. The van der Waals surface area contributed by atoms with Crippen LogP contribution in [0.25, 0.3) is 22.1 Å². The zero-order valence-electron chi connectivity index (χ0n) is 10.9. The SMILES string of the molecule is CCNCc1cnoc1-c1ccc2ccccc2c1. The third-order valence-electron chi connectivity index (χ3n) is 3.22. The first kappa shape index (κ1) is 11.9. The van der Waals surface area contributed by atoms with Crippen molar-refractivity contribution in [3.05, 3.63) is 54.2 Å². The Morgan fingerprint density at radius 1 is 1.11 bits per heavy atom. The first-order valence-corrected chi connectivity index (χ1v) is 6.52. The molecular weight excluding hydrogens is 236 g/mol. The molecule has 3 aromatic rings. The Bertz CT molecular complexity index is 688. The molecule has 0 spiro atoms. The van der Waals surface area contributed by atoms with E-state index in [0.717, 1.165) is 30.0 Å². The predicted octanol–water partition coefficient (Wildman–Crippen LogP) is 3.60. The van der Waals surface area contributed by atoms with E-state index in [1.165, 1.54) is 10.8 Å². The molecule has 3 heteroatoms. The van der Waals surface area contributed by atoms with Gasteiger partial charge in [0.25, 0.3) is 0 Å². The quantitative estimate of drug-likeness (QED) is 0.771. The van der Waals surface area contributed by atoms with Gasteiger partial charge in [-0.25, -0.2) is 0 Å². The van der Waals surface area contributed by atoms with Crippen molar-refractivity contribution in [3.8, 4) is 11.3 Å². The van der Waals surface area contributed by atoms with E-state index >= 15 is 0 Å². The van der Waals surface area contributed by atoms with Crippen LogP contribution < -0.4 is 5.32 Å². The number of aromatic nitrogens is 1. The Morgan fingerprint density at radius 2 is 1.95 bits per heavy atom. The fraction of sp³-hybridized carbons (Fsp3) is 0.188. The molecule has 0 unspecified atom stereocenters. The second-order valence-electron chi connectivity index (χ2n) is 4.52. The van der Waals surface area contributed by atoms with Crippen LogP contribution in [0.5, 0.6) is 0 Å². The van der Waals surface area contributed by atoms with Crippen LogP contribution in [0.4, 0.5) is 0 Å². The predicted molar refractivity (Wildman–Crippen MR) is 76.8 cm³/mol. The van der Waals surface area contributed by atoms with Crippen LogP contribution in [-0.4, -0.2) is 11.7 Å². The summed E-state index contributed by atoms with van der Waals surface area (Å²) < 4.78 is 5.41. The number of nitrogens with one attached hydrogen (secondary N) is 1. The molecule has 0 aliphatic rings. The van der Waals surface area contributed by atoms with E-state index in [1.54, 1.807) is 6.20 Å². The Kier molecular flexibility index (Phi) is 3.29. The first-order valence-electron chi connectivity index (χ1n) is 6.52. The van der Waals surface area contributed by atoms with Gasteiger partial charge in [-0.3, -0.25) is 0 Å². The van der Waals surface area contributed by atoms with Crippen molar-refractivity contribution in [2.24, 2.45) is 0 Å². The molecule has 3 nitrogen and oxygen atoms in total. The molecule has 0 aliphatic heterocycles. The highest BCUT2D eigenvalue weighted by Gasteiger charge is 2.10. The largest absolute Gasteiger partial charge is 0.356 e. The van der Waals surface area contributed by atoms with Crippen molar-refractivity contribution in [2.45, 2.75) is 13.5 Å². The summed E-state index contributed by atoms with van der Waals surface area (Å²) in [5.41, 5.74) is 2.17. The molecule has 1 heterocycles. The maximum absolute atomic E-state index is 5.41. The lowest BCUT2D eigenvalue weighted by atomic mass is 10.0. The van der Waals surface area contributed by atoms with Gasteiger partial charge in [0.2, 0.25) is 0 Å². The van der Waals surface area contributed by atoms with Crippen LogP contribution >= 0.6 is 0 Å². The molecule has 0 atom stereocenters. The van der Waals surface area contributed by atoms with Crippen molar-refractivity contribution in [3.63, 3.8) is 0 Å². The average molecular weight is 252 g/mol. The van der Waals surface area contributed by atoms with Gasteiger partial charge in [-0.15, -0.1) is 0 Å². The average Bonchev–Trinajstić information content (AvgIpc) is 2.93. The molecule has 0 fully saturated rings. The van der Waals surface area contributed by atoms with E-state index in [4.69, 9.17) is 4.52 Å². The highest BCUT2D eigenvalue weighted by molar-refractivity contribution is 5.86. The first-order chi connectivity index (χ1) is 9.38. The van der Waals surface area contributed by atoms with Crippen molar-refractivity contribution in [1.29, 1.82) is 0 Å². The summed E-state index contributed by atoms with van der Waals surface area (Å²) >= 11 is 0. The second kappa shape index (κ2) is 5.24. The third-order valence-corrected chi connectivity index (χ3v) is 3.22. The smallest absolute Gasteiger partial charge is 0.171 e. The van der Waals surface area contributed by atoms with Crippen LogP contribution in [0.3, 0.4) is 0 Å². The number of hydrogen-bond donors (Lipinski definition) is 1. The summed E-state index contributed by atoms with van der Waals surface area (Å²) in [6.07, 6.45) is 1.78. The van der Waals surface area contributed by atoms with Crippen LogP contribution in [0.1, 0.15) is 12.5 Å². The molecule has 3 rings (SSSR count). The third kappa shape index (κ3) is 2.37. The van der Waals surface area contributed by atoms with E-state index in [-0.39, 0.29) is 0 Å². The highest BCUT2D eigenvalue weighted by Crippen LogP contribution is 2.27. The molecule has 0 saturated carbocycles. The van der Waals surface area contributed by atoms with Crippen LogP contribution in [0.15, 0.2) is 53.2 Å². The summed E-state index contributed by atoms with van der Waals surface area (Å²) in [6, 6.07) is 14.7. The van der Waals surface area contributed by atoms with Crippen molar-refractivity contribution in [1.82, 2.24) is 10.5 Å². The van der Waals surface area contributed by atoms with Crippen LogP contribution in [-0.2, 0) is 6.54 Å². The van der Waals surface area contributed by atoms with Gasteiger partial charge < -0.3 is 9.84 Å². The summed E-state index contributed by atoms with van der Waals surface area (Å²) in [7, 11) is 0. The molecule has 0 amide bonds. The van der Waals surface area contributed by atoms with Crippen molar-refractivity contribution < 1.29 is 4.52 Å². The van der Waals surface area contributed by atoms with Crippen molar-refractivity contribution >= 4 is 10.8 Å². The second-order valence-corrected chi connectivity index (χ2v) is 4.52. The van der Waals surface area contributed by atoms with Crippen molar-refractivity contribution in [2.75, 3.05) is 6.54 Å². The minimum Gasteiger partial charge on any atom is -0.356 e. The monoisotopic (exact) mass is 252 g/mol. The summed E-state index contributed by atoms with van der Waals surface area (Å²) in [5, 5.41) is 9.66. The highest BCUT2D eigenvalue weighted by atomic mass is 16.5. The molecule has 1 aromatic heterocycles. The van der Waals surface area contributed by atoms with E-state index in [2.05, 4.69) is 47.7 Å². The molecule has 19 heavy (non-hydrogen) atoms. The van der Waals surface area contributed by atoms with Gasteiger partial charge >= 0.3 is 0 Å². The summed E-state index contributed by atoms with van der Waals surface area (Å²) in [5.74, 6) is 0.853. The maximum Gasteiger partial charge on any atom is 0.171 e. The fourth-order valence-electron chi connectivity index (χ4n) is 2.21. The van der Waals surface area contributed by atoms with E-state index in [1.807, 2.05) is 12.1 Å². The molecular formula is C16H16N2O. The van der Waals surface area contributed by atoms with Gasteiger partial charge in [0.15, 0.2) is 5.76 Å². The lowest BCUT2D eigenvalue weighted by molar-refractivity contribution is 0.431. The summed E-state index contributed by atoms with van der Waals surface area (Å²) in [4.78, 5) is 0.